The maximum Gasteiger partial charge on any atom is 0.193 e. The lowest BCUT2D eigenvalue weighted by Gasteiger charge is -2.17. The summed E-state index contributed by atoms with van der Waals surface area (Å²) in [5, 5.41) is 41.6. The normalized spacial score (nSPS) is 14.4. The summed E-state index contributed by atoms with van der Waals surface area (Å²) in [5.41, 5.74) is 5.08. The third-order valence-corrected chi connectivity index (χ3v) is 6.27. The van der Waals surface area contributed by atoms with E-state index in [1.165, 1.54) is 18.2 Å². The number of hydrogen-bond acceptors (Lipinski definition) is 5. The molecule has 1 atom stereocenters. The van der Waals surface area contributed by atoms with Gasteiger partial charge in [-0.15, -0.1) is 0 Å². The van der Waals surface area contributed by atoms with Gasteiger partial charge in [-0.25, -0.2) is 0 Å². The number of benzene rings is 3. The average molecular weight is 469 g/mol. The predicted octanol–water partition coefficient (Wildman–Crippen LogP) is 6.13. The second-order valence-corrected chi connectivity index (χ2v) is 8.77. The van der Waals surface area contributed by atoms with Crippen molar-refractivity contribution in [3.05, 3.63) is 117 Å². The molecule has 0 aromatic heterocycles. The number of aryl methyl sites for hydroxylation is 1. The topological polar surface area (TPSA) is 98.0 Å². The number of carbonyl (C=O) groups is 1. The highest BCUT2D eigenvalue weighted by molar-refractivity contribution is 6.11. The number of allylic oxidation sites excluding steroid dienone is 4. The fourth-order valence-corrected chi connectivity index (χ4v) is 4.42. The molecule has 1 unspecified atom stereocenters. The van der Waals surface area contributed by atoms with Crippen LogP contribution in [0.15, 0.2) is 89.5 Å². The van der Waals surface area contributed by atoms with Gasteiger partial charge in [0.25, 0.3) is 0 Å². The molecule has 5 nitrogen and oxygen atoms in total. The van der Waals surface area contributed by atoms with Crippen molar-refractivity contribution in [1.82, 2.24) is 0 Å². The van der Waals surface area contributed by atoms with E-state index in [1.54, 1.807) is 36.4 Å². The van der Waals surface area contributed by atoms with E-state index in [-0.39, 0.29) is 35.0 Å². The third kappa shape index (κ3) is 5.05. The molecule has 4 rings (SSSR count). The molecule has 5 heteroatoms. The summed E-state index contributed by atoms with van der Waals surface area (Å²) in [5.74, 6) is -0.503. The zero-order valence-corrected chi connectivity index (χ0v) is 19.7. The lowest BCUT2D eigenvalue weighted by molar-refractivity contribution is 0.103. The summed E-state index contributed by atoms with van der Waals surface area (Å²) in [6, 6.07) is 16.6. The van der Waals surface area contributed by atoms with Crippen LogP contribution in [0.3, 0.4) is 0 Å². The highest BCUT2D eigenvalue weighted by Crippen LogP contribution is 2.40. The van der Waals surface area contributed by atoms with Gasteiger partial charge in [0.2, 0.25) is 0 Å². The summed E-state index contributed by atoms with van der Waals surface area (Å²) in [4.78, 5) is 13.2. The van der Waals surface area contributed by atoms with E-state index in [9.17, 15) is 25.2 Å². The number of hydrogen-bond donors (Lipinski definition) is 4. The van der Waals surface area contributed by atoms with Gasteiger partial charge in [-0.1, -0.05) is 60.2 Å². The molecule has 0 amide bonds. The Morgan fingerprint density at radius 1 is 0.914 bits per heavy atom. The van der Waals surface area contributed by atoms with Crippen LogP contribution < -0.4 is 0 Å². The monoisotopic (exact) mass is 468 g/mol. The van der Waals surface area contributed by atoms with Crippen molar-refractivity contribution >= 4 is 11.9 Å². The van der Waals surface area contributed by atoms with Crippen LogP contribution in [0.1, 0.15) is 58.5 Å². The SMILES string of the molecule is C/C(=C\c1c(O)cccc1C(=O)c1ccc(C)cc1)C1=CCC=C1CC(O)c1c(O)cccc1O. The van der Waals surface area contributed by atoms with Crippen molar-refractivity contribution < 1.29 is 25.2 Å². The molecule has 1 aliphatic rings. The molecule has 3 aromatic rings. The summed E-state index contributed by atoms with van der Waals surface area (Å²) in [7, 11) is 0. The minimum atomic E-state index is -1.10. The number of phenols is 3. The number of carbonyl (C=O) groups excluding carboxylic acids is 1. The molecule has 0 spiro atoms. The summed E-state index contributed by atoms with van der Waals surface area (Å²) in [6.45, 7) is 3.85. The van der Waals surface area contributed by atoms with Gasteiger partial charge in [-0.2, -0.15) is 0 Å². The number of phenolic OH excluding ortho intramolecular Hbond substituents is 3. The van der Waals surface area contributed by atoms with E-state index in [0.29, 0.717) is 23.1 Å². The fraction of sp³-hybridized carbons (Fsp3) is 0.167. The van der Waals surface area contributed by atoms with Crippen molar-refractivity contribution in [2.45, 2.75) is 32.8 Å². The molecule has 0 fully saturated rings. The van der Waals surface area contributed by atoms with Gasteiger partial charge < -0.3 is 20.4 Å². The Labute approximate surface area is 204 Å². The van der Waals surface area contributed by atoms with Crippen LogP contribution >= 0.6 is 0 Å². The van der Waals surface area contributed by atoms with Crippen LogP contribution in [0.25, 0.3) is 6.08 Å². The van der Waals surface area contributed by atoms with E-state index >= 15 is 0 Å². The van der Waals surface area contributed by atoms with E-state index in [2.05, 4.69) is 0 Å². The van der Waals surface area contributed by atoms with Crippen LogP contribution in [0.5, 0.6) is 17.2 Å². The number of aliphatic hydroxyl groups is 1. The lowest BCUT2D eigenvalue weighted by atomic mass is 9.91. The van der Waals surface area contributed by atoms with E-state index in [1.807, 2.05) is 38.1 Å². The molecule has 0 heterocycles. The Bertz CT molecular complexity index is 1340. The molecular weight excluding hydrogens is 440 g/mol. The van der Waals surface area contributed by atoms with E-state index in [4.69, 9.17) is 0 Å². The van der Waals surface area contributed by atoms with E-state index in [0.717, 1.165) is 22.3 Å². The molecule has 1 aliphatic carbocycles. The highest BCUT2D eigenvalue weighted by Gasteiger charge is 2.22. The van der Waals surface area contributed by atoms with Gasteiger partial charge in [0.15, 0.2) is 5.78 Å². The van der Waals surface area contributed by atoms with Crippen molar-refractivity contribution in [2.24, 2.45) is 0 Å². The van der Waals surface area contributed by atoms with Gasteiger partial charge >= 0.3 is 0 Å². The van der Waals surface area contributed by atoms with Crippen LogP contribution in [0, 0.1) is 6.92 Å². The molecule has 0 saturated carbocycles. The lowest BCUT2D eigenvalue weighted by Crippen LogP contribution is -2.04. The Morgan fingerprint density at radius 3 is 2.23 bits per heavy atom. The van der Waals surface area contributed by atoms with Crippen LogP contribution in [0.4, 0.5) is 0 Å². The number of aromatic hydroxyl groups is 3. The largest absolute Gasteiger partial charge is 0.507 e. The van der Waals surface area contributed by atoms with Gasteiger partial charge in [-0.05, 0) is 61.3 Å². The zero-order chi connectivity index (χ0) is 25.1. The number of ketones is 1. The maximum absolute atomic E-state index is 13.2. The van der Waals surface area contributed by atoms with Crippen molar-refractivity contribution in [2.75, 3.05) is 0 Å². The molecule has 0 saturated heterocycles. The molecule has 4 N–H and O–H groups in total. The molecule has 0 bridgehead atoms. The van der Waals surface area contributed by atoms with Crippen LogP contribution in [-0.4, -0.2) is 26.2 Å². The maximum atomic E-state index is 13.2. The van der Waals surface area contributed by atoms with Crippen LogP contribution in [0.2, 0.25) is 0 Å². The average Bonchev–Trinajstić information content (AvgIpc) is 3.28. The first-order valence-corrected chi connectivity index (χ1v) is 11.5. The molecule has 35 heavy (non-hydrogen) atoms. The number of rotatable bonds is 7. The van der Waals surface area contributed by atoms with Crippen molar-refractivity contribution in [1.29, 1.82) is 0 Å². The quantitative estimate of drug-likeness (QED) is 0.313. The number of aliphatic hydroxyl groups excluding tert-OH is 1. The first-order valence-electron chi connectivity index (χ1n) is 11.5. The Balaban J connectivity index is 1.63. The molecule has 178 valence electrons. The third-order valence-electron chi connectivity index (χ3n) is 6.27. The van der Waals surface area contributed by atoms with E-state index < -0.39 is 6.10 Å². The molecular formula is C30H28O5. The first-order chi connectivity index (χ1) is 16.8. The molecule has 0 aliphatic heterocycles. The second kappa shape index (κ2) is 10.0. The summed E-state index contributed by atoms with van der Waals surface area (Å²) >= 11 is 0. The van der Waals surface area contributed by atoms with Crippen molar-refractivity contribution in [3.63, 3.8) is 0 Å². The molecule has 0 radical (unpaired) electrons. The predicted molar refractivity (Wildman–Crippen MR) is 137 cm³/mol. The van der Waals surface area contributed by atoms with Crippen molar-refractivity contribution in [3.8, 4) is 17.2 Å². The standard InChI is InChI=1S/C30H28O5/c1-18-12-14-20(15-13-18)30(35)23-8-4-9-25(31)24(23)16-19(2)22-7-3-6-21(22)17-28(34)29-26(32)10-5-11-27(29)33/h4-16,28,31-34H,3,17H2,1-2H3/b19-16+. The minimum Gasteiger partial charge on any atom is -0.507 e. The fourth-order valence-electron chi connectivity index (χ4n) is 4.42. The minimum absolute atomic E-state index is 0.00519. The van der Waals surface area contributed by atoms with Gasteiger partial charge in [0, 0.05) is 23.1 Å². The summed E-state index contributed by atoms with van der Waals surface area (Å²) in [6.07, 6.45) is 5.55. The van der Waals surface area contributed by atoms with Gasteiger partial charge in [-0.3, -0.25) is 4.79 Å². The summed E-state index contributed by atoms with van der Waals surface area (Å²) < 4.78 is 0. The second-order valence-electron chi connectivity index (χ2n) is 8.77. The Morgan fingerprint density at radius 2 is 1.54 bits per heavy atom. The molecule has 3 aromatic carbocycles. The zero-order valence-electron chi connectivity index (χ0n) is 19.7. The Hall–Kier alpha value is -4.09. The smallest absolute Gasteiger partial charge is 0.193 e. The van der Waals surface area contributed by atoms with Gasteiger partial charge in [0.05, 0.1) is 11.7 Å². The van der Waals surface area contributed by atoms with Crippen LogP contribution in [-0.2, 0) is 0 Å². The highest BCUT2D eigenvalue weighted by atomic mass is 16.3. The first kappa shape index (κ1) is 24.0. The van der Waals surface area contributed by atoms with Gasteiger partial charge in [0.1, 0.15) is 17.2 Å². The Kier molecular flexibility index (Phi) is 6.90.